The second-order valence-electron chi connectivity index (χ2n) is 3.85. The first kappa shape index (κ1) is 13.3. The average molecular weight is 278 g/mol. The topological polar surface area (TPSA) is 63.6 Å². The fourth-order valence-corrected chi connectivity index (χ4v) is 1.74. The van der Waals surface area contributed by atoms with E-state index in [-0.39, 0.29) is 5.91 Å². The molecular weight excluding hydrogens is 266 g/mol. The number of fused-ring (bicyclic) bond motifs is 1. The highest BCUT2D eigenvalue weighted by Crippen LogP contribution is 2.23. The number of amides is 1. The molecule has 1 amide bonds. The van der Waals surface area contributed by atoms with Gasteiger partial charge in [0.1, 0.15) is 10.9 Å². The number of pyridine rings is 1. The molecule has 2 rings (SSSR count). The summed E-state index contributed by atoms with van der Waals surface area (Å²) >= 11 is 6.06. The third kappa shape index (κ3) is 3.20. The van der Waals surface area contributed by atoms with E-state index in [0.29, 0.717) is 10.7 Å². The minimum Gasteiger partial charge on any atom is -0.497 e. The third-order valence-corrected chi connectivity index (χ3v) is 2.73. The summed E-state index contributed by atoms with van der Waals surface area (Å²) in [4.78, 5) is 15.0. The molecule has 1 aromatic carbocycles. The second-order valence-corrected chi connectivity index (χ2v) is 4.21. The minimum absolute atomic E-state index is 0.245. The normalized spacial score (nSPS) is 10.9. The quantitative estimate of drug-likeness (QED) is 0.532. The number of rotatable bonds is 3. The maximum atomic E-state index is 10.7. The van der Waals surface area contributed by atoms with Crippen LogP contribution in [0.15, 0.2) is 29.4 Å². The van der Waals surface area contributed by atoms with Gasteiger partial charge in [0.25, 0.3) is 0 Å². The molecule has 1 N–H and O–H groups in total. The van der Waals surface area contributed by atoms with Gasteiger partial charge in [-0.15, -0.1) is 0 Å². The zero-order valence-corrected chi connectivity index (χ0v) is 11.2. The van der Waals surface area contributed by atoms with E-state index in [1.165, 1.54) is 13.1 Å². The molecule has 5 nitrogen and oxygen atoms in total. The van der Waals surface area contributed by atoms with Gasteiger partial charge in [0.15, 0.2) is 0 Å². The fourth-order valence-electron chi connectivity index (χ4n) is 1.55. The molecule has 2 aromatic rings. The van der Waals surface area contributed by atoms with Gasteiger partial charge in [0, 0.05) is 23.9 Å². The van der Waals surface area contributed by atoms with E-state index in [1.54, 1.807) is 13.2 Å². The molecule has 0 fully saturated rings. The summed E-state index contributed by atoms with van der Waals surface area (Å²) in [5.74, 6) is 0.474. The number of nitrogens with zero attached hydrogens (tertiary/aromatic N) is 2. The highest BCUT2D eigenvalue weighted by molar-refractivity contribution is 6.32. The maximum absolute atomic E-state index is 10.7. The predicted molar refractivity (Wildman–Crippen MR) is 74.7 cm³/mol. The second kappa shape index (κ2) is 5.67. The number of carbonyl (C=O) groups is 1. The first-order chi connectivity index (χ1) is 9.10. The van der Waals surface area contributed by atoms with Crippen molar-refractivity contribution in [2.24, 2.45) is 5.10 Å². The van der Waals surface area contributed by atoms with Gasteiger partial charge in [-0.25, -0.2) is 10.4 Å². The lowest BCUT2D eigenvalue weighted by Gasteiger charge is -2.04. The van der Waals surface area contributed by atoms with Crippen LogP contribution < -0.4 is 10.2 Å². The Morgan fingerprint density at radius 2 is 2.26 bits per heavy atom. The molecule has 0 spiro atoms. The molecule has 6 heteroatoms. The molecule has 0 aliphatic heterocycles. The van der Waals surface area contributed by atoms with Gasteiger partial charge in [-0.3, -0.25) is 4.79 Å². The predicted octanol–water partition coefficient (Wildman–Crippen LogP) is 2.37. The molecule has 0 radical (unpaired) electrons. The molecular formula is C13H12ClN3O2. The summed E-state index contributed by atoms with van der Waals surface area (Å²) in [6.45, 7) is 1.38. The lowest BCUT2D eigenvalue weighted by atomic mass is 10.1. The molecule has 98 valence electrons. The summed E-state index contributed by atoms with van der Waals surface area (Å²) in [6, 6.07) is 7.37. The molecule has 0 aliphatic carbocycles. The Hall–Kier alpha value is -2.14. The fraction of sp³-hybridized carbons (Fsp3) is 0.154. The average Bonchev–Trinajstić information content (AvgIpc) is 2.38. The summed E-state index contributed by atoms with van der Waals surface area (Å²) in [5, 5.41) is 5.00. The van der Waals surface area contributed by atoms with Gasteiger partial charge in [-0.2, -0.15) is 5.10 Å². The zero-order chi connectivity index (χ0) is 13.8. The standard InChI is InChI=1S/C13H12ClN3O2/c1-8(18)17-15-7-10-5-9-3-4-11(19-2)6-12(9)16-13(10)14/h3-7H,1-2H3,(H,17,18). The van der Waals surface area contributed by atoms with Crippen molar-refractivity contribution in [2.45, 2.75) is 6.92 Å². The molecule has 0 aliphatic rings. The van der Waals surface area contributed by atoms with E-state index in [9.17, 15) is 4.79 Å². The van der Waals surface area contributed by atoms with Crippen LogP contribution in [-0.2, 0) is 4.79 Å². The van der Waals surface area contributed by atoms with Crippen LogP contribution in [0.5, 0.6) is 5.75 Å². The molecule has 0 saturated carbocycles. The van der Waals surface area contributed by atoms with Gasteiger partial charge in [-0.05, 0) is 18.2 Å². The van der Waals surface area contributed by atoms with E-state index in [2.05, 4.69) is 15.5 Å². The van der Waals surface area contributed by atoms with E-state index in [4.69, 9.17) is 16.3 Å². The number of hydrazone groups is 1. The van der Waals surface area contributed by atoms with E-state index < -0.39 is 0 Å². The van der Waals surface area contributed by atoms with Crippen LogP contribution in [0.4, 0.5) is 0 Å². The number of ether oxygens (including phenoxy) is 1. The Bertz CT molecular complexity index is 656. The van der Waals surface area contributed by atoms with E-state index >= 15 is 0 Å². The SMILES string of the molecule is COc1ccc2cc(C=NNC(C)=O)c(Cl)nc2c1. The van der Waals surface area contributed by atoms with Crippen molar-refractivity contribution in [3.63, 3.8) is 0 Å². The third-order valence-electron chi connectivity index (χ3n) is 2.43. The Labute approximate surface area is 115 Å². The largest absolute Gasteiger partial charge is 0.497 e. The zero-order valence-electron chi connectivity index (χ0n) is 10.5. The Balaban J connectivity index is 2.39. The van der Waals surface area contributed by atoms with Crippen molar-refractivity contribution in [1.82, 2.24) is 10.4 Å². The molecule has 0 atom stereocenters. The molecule has 1 aromatic heterocycles. The smallest absolute Gasteiger partial charge is 0.236 e. The van der Waals surface area contributed by atoms with Gasteiger partial charge in [0.05, 0.1) is 18.8 Å². The van der Waals surface area contributed by atoms with E-state index in [0.717, 1.165) is 16.7 Å². The lowest BCUT2D eigenvalue weighted by Crippen LogP contribution is -2.12. The van der Waals surface area contributed by atoms with Gasteiger partial charge >= 0.3 is 0 Å². The minimum atomic E-state index is -0.245. The maximum Gasteiger partial charge on any atom is 0.236 e. The first-order valence-electron chi connectivity index (χ1n) is 5.54. The van der Waals surface area contributed by atoms with Crippen LogP contribution in [-0.4, -0.2) is 24.2 Å². The summed E-state index contributed by atoms with van der Waals surface area (Å²) < 4.78 is 5.13. The number of carbonyl (C=O) groups excluding carboxylic acids is 1. The molecule has 0 unspecified atom stereocenters. The number of hydrogen-bond donors (Lipinski definition) is 1. The van der Waals surface area contributed by atoms with Crippen molar-refractivity contribution >= 4 is 34.6 Å². The molecule has 0 saturated heterocycles. The highest BCUT2D eigenvalue weighted by Gasteiger charge is 2.04. The first-order valence-corrected chi connectivity index (χ1v) is 5.92. The van der Waals surface area contributed by atoms with Crippen LogP contribution >= 0.6 is 11.6 Å². The number of hydrogen-bond acceptors (Lipinski definition) is 4. The van der Waals surface area contributed by atoms with Crippen LogP contribution in [0.3, 0.4) is 0 Å². The number of halogens is 1. The number of nitrogens with one attached hydrogen (secondary N) is 1. The number of benzene rings is 1. The molecule has 1 heterocycles. The van der Waals surface area contributed by atoms with E-state index in [1.807, 2.05) is 18.2 Å². The monoisotopic (exact) mass is 277 g/mol. The van der Waals surface area contributed by atoms with Crippen LogP contribution in [0.1, 0.15) is 12.5 Å². The number of aromatic nitrogens is 1. The van der Waals surface area contributed by atoms with Crippen molar-refractivity contribution in [3.05, 3.63) is 35.0 Å². The Kier molecular flexibility index (Phi) is 3.97. The Morgan fingerprint density at radius 1 is 1.47 bits per heavy atom. The van der Waals surface area contributed by atoms with Crippen molar-refractivity contribution in [2.75, 3.05) is 7.11 Å². The van der Waals surface area contributed by atoms with Crippen molar-refractivity contribution in [1.29, 1.82) is 0 Å². The lowest BCUT2D eigenvalue weighted by molar-refractivity contribution is -0.118. The van der Waals surface area contributed by atoms with Crippen LogP contribution in [0.25, 0.3) is 10.9 Å². The molecule has 0 bridgehead atoms. The van der Waals surface area contributed by atoms with Crippen molar-refractivity contribution < 1.29 is 9.53 Å². The van der Waals surface area contributed by atoms with Gasteiger partial charge in [0.2, 0.25) is 5.91 Å². The van der Waals surface area contributed by atoms with Crippen LogP contribution in [0.2, 0.25) is 5.15 Å². The number of methoxy groups -OCH3 is 1. The highest BCUT2D eigenvalue weighted by atomic mass is 35.5. The summed E-state index contributed by atoms with van der Waals surface area (Å²) in [7, 11) is 1.59. The summed E-state index contributed by atoms with van der Waals surface area (Å²) in [5.41, 5.74) is 3.68. The molecule has 19 heavy (non-hydrogen) atoms. The summed E-state index contributed by atoms with van der Waals surface area (Å²) in [6.07, 6.45) is 1.46. The van der Waals surface area contributed by atoms with Gasteiger partial charge in [-0.1, -0.05) is 11.6 Å². The van der Waals surface area contributed by atoms with Gasteiger partial charge < -0.3 is 4.74 Å². The Morgan fingerprint density at radius 3 is 2.95 bits per heavy atom. The van der Waals surface area contributed by atoms with Crippen molar-refractivity contribution in [3.8, 4) is 5.75 Å². The van der Waals surface area contributed by atoms with Crippen LogP contribution in [0, 0.1) is 0 Å².